The van der Waals surface area contributed by atoms with Crippen molar-refractivity contribution in [3.63, 3.8) is 0 Å². The summed E-state index contributed by atoms with van der Waals surface area (Å²) in [5, 5.41) is 19.5. The van der Waals surface area contributed by atoms with Crippen LogP contribution in [0.4, 0.5) is 0 Å². The largest absolute Gasteiger partial charge is 0.507 e. The number of amides is 1. The van der Waals surface area contributed by atoms with Crippen molar-refractivity contribution in [1.29, 1.82) is 0 Å². The van der Waals surface area contributed by atoms with Crippen LogP contribution in [0.25, 0.3) is 0 Å². The van der Waals surface area contributed by atoms with E-state index in [0.29, 0.717) is 0 Å². The molecule has 0 bridgehead atoms. The average Bonchev–Trinajstić information content (AvgIpc) is 2.46. The molecule has 2 rings (SSSR count). The van der Waals surface area contributed by atoms with Crippen LogP contribution in [0.15, 0.2) is 18.2 Å². The lowest BCUT2D eigenvalue weighted by Gasteiger charge is -2.36. The van der Waals surface area contributed by atoms with Crippen LogP contribution in [0.3, 0.4) is 0 Å². The first-order chi connectivity index (χ1) is 9.54. The van der Waals surface area contributed by atoms with Gasteiger partial charge in [-0.3, -0.25) is 4.79 Å². The fourth-order valence-electron chi connectivity index (χ4n) is 2.71. The number of phenols is 2. The highest BCUT2D eigenvalue weighted by atomic mass is 16.3. The van der Waals surface area contributed by atoms with Crippen LogP contribution < -0.4 is 0 Å². The monoisotopic (exact) mass is 278 g/mol. The van der Waals surface area contributed by atoms with Crippen molar-refractivity contribution in [2.45, 2.75) is 25.8 Å². The first-order valence-electron chi connectivity index (χ1n) is 7.05. The minimum atomic E-state index is -0.324. The van der Waals surface area contributed by atoms with Crippen LogP contribution in [0.1, 0.15) is 30.1 Å². The Bertz CT molecular complexity index is 462. The van der Waals surface area contributed by atoms with Crippen LogP contribution >= 0.6 is 0 Å². The van der Waals surface area contributed by atoms with Crippen LogP contribution in [-0.2, 0) is 0 Å². The highest BCUT2D eigenvalue weighted by Crippen LogP contribution is 2.29. The van der Waals surface area contributed by atoms with Crippen LogP contribution in [0, 0.1) is 0 Å². The first-order valence-corrected chi connectivity index (χ1v) is 7.05. The molecule has 1 aliphatic heterocycles. The van der Waals surface area contributed by atoms with Gasteiger partial charge in [0.2, 0.25) is 0 Å². The predicted octanol–water partition coefficient (Wildman–Crippen LogP) is 1.65. The Hall–Kier alpha value is -1.75. The SMILES string of the molecule is CCN1CCC(N(C)C(=O)c2c(O)cccc2O)CC1. The third kappa shape index (κ3) is 2.88. The maximum atomic E-state index is 12.4. The van der Waals surface area contributed by atoms with Crippen molar-refractivity contribution in [2.75, 3.05) is 26.7 Å². The van der Waals surface area contributed by atoms with Crippen LogP contribution in [0.5, 0.6) is 11.5 Å². The highest BCUT2D eigenvalue weighted by molar-refractivity contribution is 5.99. The quantitative estimate of drug-likeness (QED) is 0.882. The van der Waals surface area contributed by atoms with E-state index in [4.69, 9.17) is 0 Å². The Morgan fingerprint density at radius 3 is 2.35 bits per heavy atom. The average molecular weight is 278 g/mol. The van der Waals surface area contributed by atoms with Gasteiger partial charge in [0.1, 0.15) is 17.1 Å². The van der Waals surface area contributed by atoms with Gasteiger partial charge in [-0.15, -0.1) is 0 Å². The minimum Gasteiger partial charge on any atom is -0.507 e. The topological polar surface area (TPSA) is 64.0 Å². The van der Waals surface area contributed by atoms with Gasteiger partial charge < -0.3 is 20.0 Å². The summed E-state index contributed by atoms with van der Waals surface area (Å²) in [6, 6.07) is 4.51. The number of hydrogen-bond acceptors (Lipinski definition) is 4. The number of likely N-dealkylation sites (tertiary alicyclic amines) is 1. The molecule has 1 fully saturated rings. The second kappa shape index (κ2) is 6.13. The predicted molar refractivity (Wildman–Crippen MR) is 77.0 cm³/mol. The molecule has 5 nitrogen and oxygen atoms in total. The molecule has 0 aliphatic carbocycles. The molecule has 0 atom stereocenters. The number of aromatic hydroxyl groups is 2. The van der Waals surface area contributed by atoms with E-state index in [0.717, 1.165) is 32.5 Å². The normalized spacial score (nSPS) is 17.1. The number of rotatable bonds is 3. The van der Waals surface area contributed by atoms with Gasteiger partial charge in [0.05, 0.1) is 0 Å². The molecule has 110 valence electrons. The molecule has 0 saturated carbocycles. The van der Waals surface area contributed by atoms with Crippen molar-refractivity contribution in [2.24, 2.45) is 0 Å². The third-order valence-corrected chi connectivity index (χ3v) is 4.11. The van der Waals surface area contributed by atoms with Gasteiger partial charge in [-0.2, -0.15) is 0 Å². The molecule has 1 heterocycles. The lowest BCUT2D eigenvalue weighted by molar-refractivity contribution is 0.0641. The Balaban J connectivity index is 2.10. The molecule has 0 spiro atoms. The molecule has 0 unspecified atom stereocenters. The van der Waals surface area contributed by atoms with Gasteiger partial charge in [0.15, 0.2) is 0 Å². The van der Waals surface area contributed by atoms with Crippen molar-refractivity contribution >= 4 is 5.91 Å². The number of phenolic OH excluding ortho intramolecular Hbond substituents is 2. The second-order valence-corrected chi connectivity index (χ2v) is 5.25. The summed E-state index contributed by atoms with van der Waals surface area (Å²) >= 11 is 0. The Morgan fingerprint density at radius 1 is 1.30 bits per heavy atom. The van der Waals surface area contributed by atoms with E-state index in [1.54, 1.807) is 11.9 Å². The van der Waals surface area contributed by atoms with Crippen LogP contribution in [0.2, 0.25) is 0 Å². The van der Waals surface area contributed by atoms with Gasteiger partial charge in [-0.05, 0) is 31.5 Å². The molecule has 1 amide bonds. The van der Waals surface area contributed by atoms with Gasteiger partial charge in [0.25, 0.3) is 5.91 Å². The molecular weight excluding hydrogens is 256 g/mol. The molecule has 2 N–H and O–H groups in total. The zero-order valence-electron chi connectivity index (χ0n) is 12.0. The zero-order valence-corrected chi connectivity index (χ0v) is 12.0. The molecular formula is C15H22N2O3. The summed E-state index contributed by atoms with van der Waals surface area (Å²) in [6.45, 7) is 5.12. The molecule has 0 radical (unpaired) electrons. The summed E-state index contributed by atoms with van der Waals surface area (Å²) in [5.74, 6) is -0.670. The standard InChI is InChI=1S/C15H22N2O3/c1-3-17-9-7-11(8-10-17)16(2)15(20)14-12(18)5-4-6-13(14)19/h4-6,11,18-19H,3,7-10H2,1-2H3. The Labute approximate surface area is 119 Å². The van der Waals surface area contributed by atoms with Gasteiger partial charge in [-0.1, -0.05) is 13.0 Å². The maximum Gasteiger partial charge on any atom is 0.261 e. The van der Waals surface area contributed by atoms with Gasteiger partial charge in [-0.25, -0.2) is 0 Å². The van der Waals surface area contributed by atoms with Crippen molar-refractivity contribution in [3.05, 3.63) is 23.8 Å². The Morgan fingerprint density at radius 2 is 1.85 bits per heavy atom. The number of benzene rings is 1. The van der Waals surface area contributed by atoms with E-state index in [1.807, 2.05) is 0 Å². The number of nitrogens with zero attached hydrogens (tertiary/aromatic N) is 2. The summed E-state index contributed by atoms with van der Waals surface area (Å²) in [6.07, 6.45) is 1.84. The van der Waals surface area contributed by atoms with E-state index < -0.39 is 0 Å². The van der Waals surface area contributed by atoms with Crippen molar-refractivity contribution < 1.29 is 15.0 Å². The lowest BCUT2D eigenvalue weighted by atomic mass is 10.0. The van der Waals surface area contributed by atoms with Gasteiger partial charge in [0, 0.05) is 26.2 Å². The van der Waals surface area contributed by atoms with Crippen molar-refractivity contribution in [1.82, 2.24) is 9.80 Å². The van der Waals surface area contributed by atoms with E-state index >= 15 is 0 Å². The maximum absolute atomic E-state index is 12.4. The van der Waals surface area contributed by atoms with E-state index in [1.165, 1.54) is 18.2 Å². The highest BCUT2D eigenvalue weighted by Gasteiger charge is 2.28. The smallest absolute Gasteiger partial charge is 0.261 e. The second-order valence-electron chi connectivity index (χ2n) is 5.25. The zero-order chi connectivity index (χ0) is 14.7. The first kappa shape index (κ1) is 14.7. The summed E-state index contributed by atoms with van der Waals surface area (Å²) in [7, 11) is 1.74. The molecule has 0 aromatic heterocycles. The molecule has 5 heteroatoms. The third-order valence-electron chi connectivity index (χ3n) is 4.11. The molecule has 1 aromatic carbocycles. The summed E-state index contributed by atoms with van der Waals surface area (Å²) in [5.41, 5.74) is -0.00655. The summed E-state index contributed by atoms with van der Waals surface area (Å²) in [4.78, 5) is 16.4. The number of carbonyl (C=O) groups is 1. The fraction of sp³-hybridized carbons (Fsp3) is 0.533. The fourth-order valence-corrected chi connectivity index (χ4v) is 2.71. The van der Waals surface area contributed by atoms with Crippen LogP contribution in [-0.4, -0.2) is 58.6 Å². The minimum absolute atomic E-state index is 0.00655. The summed E-state index contributed by atoms with van der Waals surface area (Å²) < 4.78 is 0. The number of carbonyl (C=O) groups excluding carboxylic acids is 1. The molecule has 1 aromatic rings. The number of hydrogen-bond donors (Lipinski definition) is 2. The lowest BCUT2D eigenvalue weighted by Crippen LogP contribution is -2.45. The van der Waals surface area contributed by atoms with Crippen molar-refractivity contribution in [3.8, 4) is 11.5 Å². The van der Waals surface area contributed by atoms with E-state index in [9.17, 15) is 15.0 Å². The van der Waals surface area contributed by atoms with E-state index in [-0.39, 0.29) is 29.0 Å². The molecule has 20 heavy (non-hydrogen) atoms. The molecule has 1 saturated heterocycles. The Kier molecular flexibility index (Phi) is 4.49. The van der Waals surface area contributed by atoms with Gasteiger partial charge >= 0.3 is 0 Å². The van der Waals surface area contributed by atoms with E-state index in [2.05, 4.69) is 11.8 Å². The number of piperidine rings is 1. The molecule has 1 aliphatic rings.